The first-order valence-electron chi connectivity index (χ1n) is 7.83. The molecule has 1 amide bonds. The zero-order valence-corrected chi connectivity index (χ0v) is 13.0. The van der Waals surface area contributed by atoms with Crippen LogP contribution in [0.25, 0.3) is 0 Å². The second-order valence-electron chi connectivity index (χ2n) is 5.91. The maximum absolute atomic E-state index is 12.2. The summed E-state index contributed by atoms with van der Waals surface area (Å²) in [5.41, 5.74) is 0. The number of methoxy groups -OCH3 is 1. The molecule has 6 nitrogen and oxygen atoms in total. The summed E-state index contributed by atoms with van der Waals surface area (Å²) in [6.07, 6.45) is 4.70. The van der Waals surface area contributed by atoms with Gasteiger partial charge in [-0.15, -0.1) is 0 Å². The van der Waals surface area contributed by atoms with E-state index in [2.05, 4.69) is 10.1 Å². The average Bonchev–Trinajstić information content (AvgIpc) is 3.14. The number of esters is 1. The molecule has 21 heavy (non-hydrogen) atoms. The van der Waals surface area contributed by atoms with E-state index in [0.717, 1.165) is 32.3 Å². The predicted octanol–water partition coefficient (Wildman–Crippen LogP) is 0.698. The van der Waals surface area contributed by atoms with Crippen LogP contribution in [-0.2, 0) is 19.1 Å². The van der Waals surface area contributed by atoms with Crippen LogP contribution in [-0.4, -0.2) is 61.8 Å². The summed E-state index contributed by atoms with van der Waals surface area (Å²) >= 11 is 0. The van der Waals surface area contributed by atoms with Crippen LogP contribution in [0.1, 0.15) is 39.0 Å². The number of ether oxygens (including phenoxy) is 2. The topological polar surface area (TPSA) is 67.9 Å². The van der Waals surface area contributed by atoms with Crippen LogP contribution in [0.15, 0.2) is 0 Å². The summed E-state index contributed by atoms with van der Waals surface area (Å²) < 4.78 is 10.3. The average molecular weight is 298 g/mol. The Bertz CT molecular complexity index is 365. The predicted molar refractivity (Wildman–Crippen MR) is 77.8 cm³/mol. The Kier molecular flexibility index (Phi) is 5.99. The first-order chi connectivity index (χ1) is 10.1. The molecule has 1 heterocycles. The van der Waals surface area contributed by atoms with Gasteiger partial charge in [0.1, 0.15) is 0 Å². The quantitative estimate of drug-likeness (QED) is 0.668. The van der Waals surface area contributed by atoms with E-state index < -0.39 is 0 Å². The minimum absolute atomic E-state index is 0.0420. The molecule has 0 aromatic carbocycles. The summed E-state index contributed by atoms with van der Waals surface area (Å²) in [6.45, 7) is 3.89. The van der Waals surface area contributed by atoms with E-state index in [1.54, 1.807) is 0 Å². The lowest BCUT2D eigenvalue weighted by atomic mass is 10.1. The molecule has 2 unspecified atom stereocenters. The fourth-order valence-electron chi connectivity index (χ4n) is 2.55. The highest BCUT2D eigenvalue weighted by Gasteiger charge is 2.30. The highest BCUT2D eigenvalue weighted by Crippen LogP contribution is 2.20. The third kappa shape index (κ3) is 5.28. The van der Waals surface area contributed by atoms with Crippen LogP contribution >= 0.6 is 0 Å². The normalized spacial score (nSPS) is 23.1. The van der Waals surface area contributed by atoms with Gasteiger partial charge in [0, 0.05) is 25.7 Å². The number of hydrogen-bond donors (Lipinski definition) is 1. The summed E-state index contributed by atoms with van der Waals surface area (Å²) in [4.78, 5) is 25.6. The molecule has 1 N–H and O–H groups in total. The molecule has 0 aromatic heterocycles. The maximum atomic E-state index is 12.2. The van der Waals surface area contributed by atoms with Crippen molar-refractivity contribution in [2.45, 2.75) is 57.2 Å². The van der Waals surface area contributed by atoms with Crippen molar-refractivity contribution in [3.63, 3.8) is 0 Å². The molecule has 0 aromatic rings. The highest BCUT2D eigenvalue weighted by atomic mass is 16.5. The SMILES string of the molecule is COC(=O)CCN(CC1CCCO1)C(C)C(=O)NC1CC1. The van der Waals surface area contributed by atoms with E-state index in [-0.39, 0.29) is 24.0 Å². The number of carbonyl (C=O) groups excluding carboxylic acids is 2. The van der Waals surface area contributed by atoms with Crippen molar-refractivity contribution in [1.29, 1.82) is 0 Å². The zero-order chi connectivity index (χ0) is 15.2. The molecule has 0 spiro atoms. The van der Waals surface area contributed by atoms with Gasteiger partial charge in [-0.1, -0.05) is 0 Å². The first-order valence-corrected chi connectivity index (χ1v) is 7.83. The van der Waals surface area contributed by atoms with Gasteiger partial charge in [-0.05, 0) is 32.6 Å². The van der Waals surface area contributed by atoms with Gasteiger partial charge in [-0.25, -0.2) is 0 Å². The second-order valence-corrected chi connectivity index (χ2v) is 5.91. The zero-order valence-electron chi connectivity index (χ0n) is 13.0. The lowest BCUT2D eigenvalue weighted by Crippen LogP contribution is -2.49. The fourth-order valence-corrected chi connectivity index (χ4v) is 2.55. The van der Waals surface area contributed by atoms with Crippen LogP contribution in [0.3, 0.4) is 0 Å². The Morgan fingerprint density at radius 2 is 2.14 bits per heavy atom. The highest BCUT2D eigenvalue weighted by molar-refractivity contribution is 5.82. The van der Waals surface area contributed by atoms with Gasteiger partial charge in [0.2, 0.25) is 5.91 Å². The van der Waals surface area contributed by atoms with Crippen molar-refractivity contribution in [3.05, 3.63) is 0 Å². The lowest BCUT2D eigenvalue weighted by Gasteiger charge is -2.30. The molecule has 2 fully saturated rings. The van der Waals surface area contributed by atoms with Crippen molar-refractivity contribution in [3.8, 4) is 0 Å². The number of nitrogens with one attached hydrogen (secondary N) is 1. The number of carbonyl (C=O) groups is 2. The number of hydrogen-bond acceptors (Lipinski definition) is 5. The van der Waals surface area contributed by atoms with E-state index in [1.807, 2.05) is 11.8 Å². The number of nitrogens with zero attached hydrogens (tertiary/aromatic N) is 1. The lowest BCUT2D eigenvalue weighted by molar-refractivity contribution is -0.141. The number of amides is 1. The maximum Gasteiger partial charge on any atom is 0.306 e. The minimum atomic E-state index is -0.251. The van der Waals surface area contributed by atoms with Crippen LogP contribution in [0.5, 0.6) is 0 Å². The molecule has 2 atom stereocenters. The van der Waals surface area contributed by atoms with Crippen LogP contribution in [0.2, 0.25) is 0 Å². The summed E-state index contributed by atoms with van der Waals surface area (Å²) in [6, 6.07) is 0.101. The Labute approximate surface area is 126 Å². The van der Waals surface area contributed by atoms with Crippen molar-refractivity contribution in [2.75, 3.05) is 26.8 Å². The third-order valence-electron chi connectivity index (χ3n) is 4.14. The summed E-state index contributed by atoms with van der Waals surface area (Å²) in [5, 5.41) is 3.02. The van der Waals surface area contributed by atoms with Crippen molar-refractivity contribution in [2.24, 2.45) is 0 Å². The Hall–Kier alpha value is -1.14. The van der Waals surface area contributed by atoms with Crippen molar-refractivity contribution < 1.29 is 19.1 Å². The Morgan fingerprint density at radius 3 is 2.71 bits per heavy atom. The van der Waals surface area contributed by atoms with Gasteiger partial charge in [-0.2, -0.15) is 0 Å². The van der Waals surface area contributed by atoms with Gasteiger partial charge < -0.3 is 14.8 Å². The summed E-state index contributed by atoms with van der Waals surface area (Å²) in [5.74, 6) is -0.206. The fraction of sp³-hybridized carbons (Fsp3) is 0.867. The van der Waals surface area contributed by atoms with Gasteiger partial charge >= 0.3 is 5.97 Å². The van der Waals surface area contributed by atoms with Gasteiger partial charge in [-0.3, -0.25) is 14.5 Å². The van der Waals surface area contributed by atoms with Crippen LogP contribution in [0.4, 0.5) is 0 Å². The molecule has 120 valence electrons. The monoisotopic (exact) mass is 298 g/mol. The van der Waals surface area contributed by atoms with E-state index in [4.69, 9.17) is 4.74 Å². The van der Waals surface area contributed by atoms with E-state index in [1.165, 1.54) is 7.11 Å². The molecule has 0 bridgehead atoms. The molecule has 1 saturated heterocycles. The van der Waals surface area contributed by atoms with Crippen LogP contribution < -0.4 is 5.32 Å². The molecule has 6 heteroatoms. The molecule has 2 rings (SSSR count). The van der Waals surface area contributed by atoms with Gasteiger partial charge in [0.15, 0.2) is 0 Å². The Balaban J connectivity index is 1.87. The minimum Gasteiger partial charge on any atom is -0.469 e. The van der Waals surface area contributed by atoms with E-state index >= 15 is 0 Å². The largest absolute Gasteiger partial charge is 0.469 e. The standard InChI is InChI=1S/C15H26N2O4/c1-11(15(19)16-12-5-6-12)17(8-7-14(18)20-2)10-13-4-3-9-21-13/h11-13H,3-10H2,1-2H3,(H,16,19). The molecule has 0 radical (unpaired) electrons. The molecular formula is C15H26N2O4. The first kappa shape index (κ1) is 16.2. The molecule has 2 aliphatic rings. The van der Waals surface area contributed by atoms with E-state index in [9.17, 15) is 9.59 Å². The molecule has 1 aliphatic heterocycles. The smallest absolute Gasteiger partial charge is 0.306 e. The van der Waals surface area contributed by atoms with E-state index in [0.29, 0.717) is 25.6 Å². The van der Waals surface area contributed by atoms with Gasteiger partial charge in [0.05, 0.1) is 25.7 Å². The molecule has 1 saturated carbocycles. The van der Waals surface area contributed by atoms with Gasteiger partial charge in [0.25, 0.3) is 0 Å². The van der Waals surface area contributed by atoms with Crippen molar-refractivity contribution in [1.82, 2.24) is 10.2 Å². The Morgan fingerprint density at radius 1 is 1.38 bits per heavy atom. The summed E-state index contributed by atoms with van der Waals surface area (Å²) in [7, 11) is 1.38. The van der Waals surface area contributed by atoms with Crippen molar-refractivity contribution >= 4 is 11.9 Å². The third-order valence-corrected chi connectivity index (χ3v) is 4.14. The molecule has 1 aliphatic carbocycles. The van der Waals surface area contributed by atoms with Crippen LogP contribution in [0, 0.1) is 0 Å². The second kappa shape index (κ2) is 7.75. The number of rotatable bonds is 8. The molecular weight excluding hydrogens is 272 g/mol.